The number of piperidine rings is 1. The highest BCUT2D eigenvalue weighted by Gasteiger charge is 2.26. The third-order valence-electron chi connectivity index (χ3n) is 4.60. The monoisotopic (exact) mass is 362 g/mol. The molecule has 1 amide bonds. The fourth-order valence-electron chi connectivity index (χ4n) is 3.22. The summed E-state index contributed by atoms with van der Waals surface area (Å²) in [6.45, 7) is 10.4. The first kappa shape index (κ1) is 18.8. The molecule has 144 valence electrons. The second-order valence-corrected chi connectivity index (χ2v) is 7.89. The molecule has 1 N–H and O–H groups in total. The normalized spacial score (nSPS) is 19.3. The van der Waals surface area contributed by atoms with Crippen LogP contribution in [0.2, 0.25) is 0 Å². The standard InChI is InChI=1S/C19H30N4O3/c1-19(2,3)26-18(24)23-8-6-15(7-9-23)21-16-4-5-17(20-14-16)22-10-12-25-13-11-22/h4-5,14-15,21H,6-13H2,1-3H3. The van der Waals surface area contributed by atoms with Gasteiger partial charge in [-0.1, -0.05) is 0 Å². The number of hydrogen-bond donors (Lipinski definition) is 1. The summed E-state index contributed by atoms with van der Waals surface area (Å²) in [7, 11) is 0. The number of morpholine rings is 1. The molecule has 26 heavy (non-hydrogen) atoms. The van der Waals surface area contributed by atoms with Gasteiger partial charge in [0, 0.05) is 32.2 Å². The van der Waals surface area contributed by atoms with Gasteiger partial charge in [0.2, 0.25) is 0 Å². The van der Waals surface area contributed by atoms with Gasteiger partial charge in [0.15, 0.2) is 0 Å². The van der Waals surface area contributed by atoms with Crippen LogP contribution in [0.5, 0.6) is 0 Å². The zero-order valence-electron chi connectivity index (χ0n) is 16.0. The van der Waals surface area contributed by atoms with E-state index in [1.54, 1.807) is 4.90 Å². The Labute approximate surface area is 155 Å². The highest BCUT2D eigenvalue weighted by molar-refractivity contribution is 5.68. The molecule has 0 atom stereocenters. The third kappa shape index (κ3) is 5.24. The number of hydrogen-bond acceptors (Lipinski definition) is 6. The van der Waals surface area contributed by atoms with Crippen molar-refractivity contribution in [3.05, 3.63) is 18.3 Å². The van der Waals surface area contributed by atoms with E-state index in [1.807, 2.05) is 27.0 Å². The molecular formula is C19H30N4O3. The number of likely N-dealkylation sites (tertiary alicyclic amines) is 1. The summed E-state index contributed by atoms with van der Waals surface area (Å²) in [4.78, 5) is 20.7. The molecule has 0 saturated carbocycles. The number of nitrogens with one attached hydrogen (secondary N) is 1. The van der Waals surface area contributed by atoms with Crippen molar-refractivity contribution in [2.45, 2.75) is 45.3 Å². The molecule has 1 aromatic heterocycles. The lowest BCUT2D eigenvalue weighted by Crippen LogP contribution is -2.44. The number of rotatable bonds is 3. The van der Waals surface area contributed by atoms with Gasteiger partial charge in [-0.2, -0.15) is 0 Å². The molecule has 2 fully saturated rings. The first-order valence-electron chi connectivity index (χ1n) is 9.44. The molecule has 2 saturated heterocycles. The molecular weight excluding hydrogens is 332 g/mol. The van der Waals surface area contributed by atoms with Crippen LogP contribution in [0, 0.1) is 0 Å². The summed E-state index contributed by atoms with van der Waals surface area (Å²) in [6, 6.07) is 4.49. The van der Waals surface area contributed by atoms with Gasteiger partial charge in [-0.05, 0) is 45.7 Å². The minimum absolute atomic E-state index is 0.215. The predicted molar refractivity (Wildman–Crippen MR) is 102 cm³/mol. The van der Waals surface area contributed by atoms with E-state index >= 15 is 0 Å². The molecule has 2 aliphatic rings. The predicted octanol–water partition coefficient (Wildman–Crippen LogP) is 2.73. The topological polar surface area (TPSA) is 66.9 Å². The zero-order valence-corrected chi connectivity index (χ0v) is 16.0. The molecule has 0 radical (unpaired) electrons. The van der Waals surface area contributed by atoms with Crippen molar-refractivity contribution < 1.29 is 14.3 Å². The fraction of sp³-hybridized carbons (Fsp3) is 0.684. The summed E-state index contributed by atoms with van der Waals surface area (Å²) in [5.74, 6) is 0.999. The molecule has 0 aromatic carbocycles. The lowest BCUT2D eigenvalue weighted by atomic mass is 10.1. The Bertz CT molecular complexity index is 586. The van der Waals surface area contributed by atoms with Crippen molar-refractivity contribution in [1.82, 2.24) is 9.88 Å². The Morgan fingerprint density at radius 1 is 1.19 bits per heavy atom. The molecule has 3 rings (SSSR count). The van der Waals surface area contributed by atoms with Crippen molar-refractivity contribution in [2.75, 3.05) is 49.6 Å². The van der Waals surface area contributed by atoms with Crippen LogP contribution in [0.4, 0.5) is 16.3 Å². The van der Waals surface area contributed by atoms with E-state index < -0.39 is 5.60 Å². The Balaban J connectivity index is 1.46. The number of aromatic nitrogens is 1. The molecule has 0 spiro atoms. The van der Waals surface area contributed by atoms with Crippen LogP contribution in [0.1, 0.15) is 33.6 Å². The van der Waals surface area contributed by atoms with Gasteiger partial charge in [0.1, 0.15) is 11.4 Å². The lowest BCUT2D eigenvalue weighted by molar-refractivity contribution is 0.0210. The van der Waals surface area contributed by atoms with Crippen molar-refractivity contribution in [3.63, 3.8) is 0 Å². The Kier molecular flexibility index (Phi) is 5.86. The number of carbonyl (C=O) groups is 1. The summed E-state index contributed by atoms with van der Waals surface area (Å²) in [5.41, 5.74) is 0.581. The van der Waals surface area contributed by atoms with Crippen molar-refractivity contribution in [2.24, 2.45) is 0 Å². The van der Waals surface area contributed by atoms with E-state index in [-0.39, 0.29) is 6.09 Å². The number of amides is 1. The zero-order chi connectivity index (χ0) is 18.6. The Morgan fingerprint density at radius 3 is 2.46 bits per heavy atom. The average Bonchev–Trinajstić information content (AvgIpc) is 2.62. The Hall–Kier alpha value is -2.02. The number of carbonyl (C=O) groups excluding carboxylic acids is 1. The largest absolute Gasteiger partial charge is 0.444 e. The van der Waals surface area contributed by atoms with Gasteiger partial charge < -0.3 is 24.6 Å². The van der Waals surface area contributed by atoms with Crippen LogP contribution in [-0.2, 0) is 9.47 Å². The minimum Gasteiger partial charge on any atom is -0.444 e. The quantitative estimate of drug-likeness (QED) is 0.892. The summed E-state index contributed by atoms with van der Waals surface area (Å²) < 4.78 is 10.8. The number of anilines is 2. The van der Waals surface area contributed by atoms with Gasteiger partial charge in [0.05, 0.1) is 25.1 Å². The van der Waals surface area contributed by atoms with Crippen LogP contribution in [0.3, 0.4) is 0 Å². The van der Waals surface area contributed by atoms with E-state index in [4.69, 9.17) is 9.47 Å². The van der Waals surface area contributed by atoms with E-state index in [9.17, 15) is 4.79 Å². The fourth-order valence-corrected chi connectivity index (χ4v) is 3.22. The molecule has 1 aromatic rings. The average molecular weight is 362 g/mol. The molecule has 7 heteroatoms. The number of nitrogens with zero attached hydrogens (tertiary/aromatic N) is 3. The minimum atomic E-state index is -0.444. The second kappa shape index (κ2) is 8.12. The van der Waals surface area contributed by atoms with Crippen LogP contribution < -0.4 is 10.2 Å². The maximum Gasteiger partial charge on any atom is 0.410 e. The van der Waals surface area contributed by atoms with Gasteiger partial charge in [-0.3, -0.25) is 0 Å². The number of ether oxygens (including phenoxy) is 2. The SMILES string of the molecule is CC(C)(C)OC(=O)N1CCC(Nc2ccc(N3CCOCC3)nc2)CC1. The van der Waals surface area contributed by atoms with Gasteiger partial charge in [0.25, 0.3) is 0 Å². The van der Waals surface area contributed by atoms with Gasteiger partial charge >= 0.3 is 6.09 Å². The van der Waals surface area contributed by atoms with Gasteiger partial charge in [-0.25, -0.2) is 9.78 Å². The van der Waals surface area contributed by atoms with Crippen LogP contribution >= 0.6 is 0 Å². The molecule has 0 aliphatic carbocycles. The van der Waals surface area contributed by atoms with Crippen LogP contribution in [0.25, 0.3) is 0 Å². The summed E-state index contributed by atoms with van der Waals surface area (Å²) in [5, 5.41) is 3.53. The molecule has 3 heterocycles. The van der Waals surface area contributed by atoms with Gasteiger partial charge in [-0.15, -0.1) is 0 Å². The van der Waals surface area contributed by atoms with E-state index in [0.29, 0.717) is 19.1 Å². The van der Waals surface area contributed by atoms with Crippen molar-refractivity contribution >= 4 is 17.6 Å². The highest BCUT2D eigenvalue weighted by Crippen LogP contribution is 2.20. The first-order valence-corrected chi connectivity index (χ1v) is 9.44. The maximum absolute atomic E-state index is 12.1. The Morgan fingerprint density at radius 2 is 1.88 bits per heavy atom. The highest BCUT2D eigenvalue weighted by atomic mass is 16.6. The smallest absolute Gasteiger partial charge is 0.410 e. The van der Waals surface area contributed by atoms with E-state index in [2.05, 4.69) is 27.3 Å². The summed E-state index contributed by atoms with van der Waals surface area (Å²) >= 11 is 0. The van der Waals surface area contributed by atoms with Crippen molar-refractivity contribution in [3.8, 4) is 0 Å². The summed E-state index contributed by atoms with van der Waals surface area (Å²) in [6.07, 6.45) is 3.49. The first-order chi connectivity index (χ1) is 12.4. The maximum atomic E-state index is 12.1. The van der Waals surface area contributed by atoms with Crippen LogP contribution in [-0.4, -0.2) is 67.0 Å². The van der Waals surface area contributed by atoms with E-state index in [0.717, 1.165) is 50.7 Å². The lowest BCUT2D eigenvalue weighted by Gasteiger charge is -2.34. The van der Waals surface area contributed by atoms with Crippen molar-refractivity contribution in [1.29, 1.82) is 0 Å². The molecule has 2 aliphatic heterocycles. The second-order valence-electron chi connectivity index (χ2n) is 7.89. The van der Waals surface area contributed by atoms with Crippen LogP contribution in [0.15, 0.2) is 18.3 Å². The molecule has 7 nitrogen and oxygen atoms in total. The number of pyridine rings is 1. The molecule has 0 bridgehead atoms. The third-order valence-corrected chi connectivity index (χ3v) is 4.60. The van der Waals surface area contributed by atoms with E-state index in [1.165, 1.54) is 0 Å². The molecule has 0 unspecified atom stereocenters.